The van der Waals surface area contributed by atoms with Crippen molar-refractivity contribution >= 4 is 24.3 Å². The molecule has 0 unspecified atom stereocenters. The second-order valence-corrected chi connectivity index (χ2v) is 6.91. The van der Waals surface area contributed by atoms with Crippen molar-refractivity contribution in [3.05, 3.63) is 35.4 Å². The van der Waals surface area contributed by atoms with E-state index in [1.54, 1.807) is 0 Å². The van der Waals surface area contributed by atoms with Crippen LogP contribution in [0.2, 0.25) is 0 Å². The smallest absolute Gasteiger partial charge is 0.317 e. The Morgan fingerprint density at radius 1 is 1.23 bits per heavy atom. The Morgan fingerprint density at radius 2 is 1.92 bits per heavy atom. The lowest BCUT2D eigenvalue weighted by Gasteiger charge is -2.32. The van der Waals surface area contributed by atoms with Crippen LogP contribution in [0, 0.1) is 0 Å². The molecule has 1 saturated heterocycles. The molecule has 3 amide bonds. The molecule has 0 aliphatic carbocycles. The minimum absolute atomic E-state index is 0. The van der Waals surface area contributed by atoms with Crippen molar-refractivity contribution < 1.29 is 9.59 Å². The zero-order valence-electron chi connectivity index (χ0n) is 15.4. The molecule has 26 heavy (non-hydrogen) atoms. The summed E-state index contributed by atoms with van der Waals surface area (Å²) in [4.78, 5) is 28.3. The number of amides is 3. The third-order valence-corrected chi connectivity index (χ3v) is 5.28. The second kappa shape index (κ2) is 9.78. The molecule has 3 rings (SSSR count). The maximum absolute atomic E-state index is 12.3. The van der Waals surface area contributed by atoms with Gasteiger partial charge in [0.15, 0.2) is 0 Å². The van der Waals surface area contributed by atoms with Crippen LogP contribution in [0.25, 0.3) is 0 Å². The van der Waals surface area contributed by atoms with Crippen molar-refractivity contribution in [2.75, 3.05) is 33.2 Å². The average molecular weight is 381 g/mol. The first-order valence-electron chi connectivity index (χ1n) is 9.21. The van der Waals surface area contributed by atoms with Gasteiger partial charge in [0.1, 0.15) is 0 Å². The Morgan fingerprint density at radius 3 is 2.65 bits per heavy atom. The van der Waals surface area contributed by atoms with Gasteiger partial charge in [0, 0.05) is 39.1 Å². The second-order valence-electron chi connectivity index (χ2n) is 6.91. The molecule has 7 heteroatoms. The standard InChI is InChI=1S/C19H28N4O2.ClH/c1-22(17-6-10-20-11-7-17)18(24)8-12-21-19(25)23-13-9-15-4-2-3-5-16(15)14-23;/h2-5,17,20H,6-14H2,1H3,(H,21,25);1H. The Kier molecular flexibility index (Phi) is 7.72. The molecule has 2 aliphatic rings. The van der Waals surface area contributed by atoms with Crippen LogP contribution in [0.1, 0.15) is 30.4 Å². The number of nitrogens with one attached hydrogen (secondary N) is 2. The van der Waals surface area contributed by atoms with Crippen LogP contribution in [0.4, 0.5) is 4.79 Å². The number of rotatable bonds is 4. The van der Waals surface area contributed by atoms with Gasteiger partial charge in [0.2, 0.25) is 5.91 Å². The Balaban J connectivity index is 0.00000243. The zero-order valence-corrected chi connectivity index (χ0v) is 16.2. The average Bonchev–Trinajstić information content (AvgIpc) is 2.67. The molecule has 0 aromatic heterocycles. The first-order chi connectivity index (χ1) is 12.1. The van der Waals surface area contributed by atoms with Gasteiger partial charge in [0.25, 0.3) is 0 Å². The summed E-state index contributed by atoms with van der Waals surface area (Å²) >= 11 is 0. The van der Waals surface area contributed by atoms with E-state index >= 15 is 0 Å². The molecular formula is C19H29ClN4O2. The van der Waals surface area contributed by atoms with Gasteiger partial charge < -0.3 is 20.4 Å². The van der Waals surface area contributed by atoms with E-state index < -0.39 is 0 Å². The maximum atomic E-state index is 12.3. The normalized spacial score (nSPS) is 17.0. The summed E-state index contributed by atoms with van der Waals surface area (Å²) in [7, 11) is 1.88. The fourth-order valence-corrected chi connectivity index (χ4v) is 3.63. The van der Waals surface area contributed by atoms with Crippen LogP contribution < -0.4 is 10.6 Å². The van der Waals surface area contributed by atoms with Gasteiger partial charge in [-0.1, -0.05) is 24.3 Å². The van der Waals surface area contributed by atoms with Crippen molar-refractivity contribution in [1.29, 1.82) is 0 Å². The summed E-state index contributed by atoms with van der Waals surface area (Å²) in [6, 6.07) is 8.50. The summed E-state index contributed by atoms with van der Waals surface area (Å²) in [6.45, 7) is 3.70. The molecule has 0 bridgehead atoms. The van der Waals surface area contributed by atoms with Crippen LogP contribution >= 0.6 is 12.4 Å². The first-order valence-corrected chi connectivity index (χ1v) is 9.21. The van der Waals surface area contributed by atoms with E-state index in [9.17, 15) is 9.59 Å². The minimum Gasteiger partial charge on any atom is -0.343 e. The van der Waals surface area contributed by atoms with Gasteiger partial charge in [-0.3, -0.25) is 4.79 Å². The highest BCUT2D eigenvalue weighted by Gasteiger charge is 2.23. The lowest BCUT2D eigenvalue weighted by atomic mass is 10.0. The van der Waals surface area contributed by atoms with E-state index in [1.807, 2.05) is 29.0 Å². The molecule has 2 N–H and O–H groups in total. The molecule has 0 radical (unpaired) electrons. The number of benzene rings is 1. The number of piperidine rings is 1. The van der Waals surface area contributed by atoms with E-state index in [1.165, 1.54) is 11.1 Å². The fourth-order valence-electron chi connectivity index (χ4n) is 3.63. The Hall–Kier alpha value is -1.79. The summed E-state index contributed by atoms with van der Waals surface area (Å²) in [5.74, 6) is 0.108. The highest BCUT2D eigenvalue weighted by atomic mass is 35.5. The number of urea groups is 1. The van der Waals surface area contributed by atoms with Crippen molar-refractivity contribution in [3.8, 4) is 0 Å². The molecule has 6 nitrogen and oxygen atoms in total. The summed E-state index contributed by atoms with van der Waals surface area (Å²) in [5, 5.41) is 6.21. The number of hydrogen-bond donors (Lipinski definition) is 2. The van der Waals surface area contributed by atoms with Crippen LogP contribution in [0.15, 0.2) is 24.3 Å². The first kappa shape index (κ1) is 20.5. The highest BCUT2D eigenvalue weighted by molar-refractivity contribution is 5.85. The molecule has 0 saturated carbocycles. The lowest BCUT2D eigenvalue weighted by molar-refractivity contribution is -0.132. The molecule has 2 heterocycles. The molecule has 144 valence electrons. The zero-order chi connectivity index (χ0) is 17.6. The molecule has 1 aromatic rings. The largest absolute Gasteiger partial charge is 0.343 e. The number of carbonyl (C=O) groups is 2. The van der Waals surface area contributed by atoms with Crippen LogP contribution in [0.5, 0.6) is 0 Å². The van der Waals surface area contributed by atoms with Gasteiger partial charge in [0.05, 0.1) is 0 Å². The molecule has 1 aromatic carbocycles. The predicted octanol–water partition coefficient (Wildman–Crippen LogP) is 1.78. The van der Waals surface area contributed by atoms with Crippen molar-refractivity contribution in [3.63, 3.8) is 0 Å². The van der Waals surface area contributed by atoms with Gasteiger partial charge in [-0.2, -0.15) is 0 Å². The van der Waals surface area contributed by atoms with Gasteiger partial charge in [-0.25, -0.2) is 4.79 Å². The lowest BCUT2D eigenvalue weighted by Crippen LogP contribution is -2.46. The Labute approximate surface area is 161 Å². The van der Waals surface area contributed by atoms with Crippen molar-refractivity contribution in [1.82, 2.24) is 20.4 Å². The molecule has 0 spiro atoms. The van der Waals surface area contributed by atoms with E-state index in [0.717, 1.165) is 38.9 Å². The van der Waals surface area contributed by atoms with Gasteiger partial charge in [-0.05, 0) is 43.5 Å². The molecular weight excluding hydrogens is 352 g/mol. The predicted molar refractivity (Wildman–Crippen MR) is 104 cm³/mol. The topological polar surface area (TPSA) is 64.7 Å². The number of fused-ring (bicyclic) bond motifs is 1. The van der Waals surface area contributed by atoms with Gasteiger partial charge >= 0.3 is 6.03 Å². The van der Waals surface area contributed by atoms with E-state index in [0.29, 0.717) is 25.6 Å². The molecule has 1 fully saturated rings. The summed E-state index contributed by atoms with van der Waals surface area (Å²) in [5.41, 5.74) is 2.54. The highest BCUT2D eigenvalue weighted by Crippen LogP contribution is 2.18. The SMILES string of the molecule is CN(C(=O)CCNC(=O)N1CCc2ccccc2C1)C1CCNCC1.Cl. The van der Waals surface area contributed by atoms with Crippen LogP contribution in [0.3, 0.4) is 0 Å². The summed E-state index contributed by atoms with van der Waals surface area (Å²) in [6.07, 6.45) is 3.25. The monoisotopic (exact) mass is 380 g/mol. The quantitative estimate of drug-likeness (QED) is 0.836. The number of carbonyl (C=O) groups excluding carboxylic acids is 2. The van der Waals surface area contributed by atoms with E-state index in [-0.39, 0.29) is 24.3 Å². The maximum Gasteiger partial charge on any atom is 0.317 e. The van der Waals surface area contributed by atoms with Gasteiger partial charge in [-0.15, -0.1) is 12.4 Å². The fraction of sp³-hybridized carbons (Fsp3) is 0.579. The molecule has 0 atom stereocenters. The number of nitrogens with zero attached hydrogens (tertiary/aromatic N) is 2. The third kappa shape index (κ3) is 5.11. The number of halogens is 1. The van der Waals surface area contributed by atoms with Crippen molar-refractivity contribution in [2.24, 2.45) is 0 Å². The summed E-state index contributed by atoms with van der Waals surface area (Å²) < 4.78 is 0. The van der Waals surface area contributed by atoms with Crippen molar-refractivity contribution in [2.45, 2.75) is 38.3 Å². The Bertz CT molecular complexity index is 619. The van der Waals surface area contributed by atoms with E-state index in [4.69, 9.17) is 0 Å². The third-order valence-electron chi connectivity index (χ3n) is 5.28. The van der Waals surface area contributed by atoms with Crippen LogP contribution in [-0.4, -0.2) is 61.0 Å². The number of hydrogen-bond acceptors (Lipinski definition) is 3. The minimum atomic E-state index is -0.0770. The van der Waals surface area contributed by atoms with E-state index in [2.05, 4.69) is 22.8 Å². The molecule has 2 aliphatic heterocycles. The van der Waals surface area contributed by atoms with Crippen LogP contribution in [-0.2, 0) is 17.8 Å².